The van der Waals surface area contributed by atoms with E-state index in [1.54, 1.807) is 6.07 Å². The fourth-order valence-electron chi connectivity index (χ4n) is 3.71. The van der Waals surface area contributed by atoms with Crippen LogP contribution in [0.5, 0.6) is 0 Å². The Kier molecular flexibility index (Phi) is 5.76. The van der Waals surface area contributed by atoms with Crippen molar-refractivity contribution in [1.82, 2.24) is 15.1 Å². The van der Waals surface area contributed by atoms with Crippen LogP contribution >= 0.6 is 11.3 Å². The van der Waals surface area contributed by atoms with Crippen LogP contribution in [0.15, 0.2) is 12.1 Å². The van der Waals surface area contributed by atoms with Crippen LogP contribution in [0.3, 0.4) is 0 Å². The molecule has 2 saturated heterocycles. The Morgan fingerprint density at radius 2 is 1.96 bits per heavy atom. The summed E-state index contributed by atoms with van der Waals surface area (Å²) in [7, 11) is 2.10. The summed E-state index contributed by atoms with van der Waals surface area (Å²) in [6, 6.07) is 3.73. The highest BCUT2D eigenvalue weighted by Gasteiger charge is 2.42. The summed E-state index contributed by atoms with van der Waals surface area (Å²) in [5.74, 6) is -0.154. The number of ether oxygens (including phenoxy) is 1. The minimum absolute atomic E-state index is 0.0128. The molecule has 0 aromatic carbocycles. The van der Waals surface area contributed by atoms with Crippen molar-refractivity contribution in [2.45, 2.75) is 31.7 Å². The van der Waals surface area contributed by atoms with E-state index in [4.69, 9.17) is 4.74 Å². The topological polar surface area (TPSA) is 61.9 Å². The first-order valence-electron chi connectivity index (χ1n) is 8.92. The lowest BCUT2D eigenvalue weighted by Gasteiger charge is -2.45. The SMILES string of the molecule is Cc1ccc(C(=O)NCC(=O)N2CCN(C)CCC23CCOCC3)s1. The Bertz CT molecular complexity index is 625. The number of nitrogens with one attached hydrogen (secondary N) is 1. The number of likely N-dealkylation sites (N-methyl/N-ethyl adjacent to an activating group) is 1. The van der Waals surface area contributed by atoms with Crippen molar-refractivity contribution in [3.05, 3.63) is 21.9 Å². The van der Waals surface area contributed by atoms with E-state index < -0.39 is 0 Å². The number of carbonyl (C=O) groups excluding carboxylic acids is 2. The van der Waals surface area contributed by atoms with Gasteiger partial charge < -0.3 is 19.9 Å². The molecule has 3 rings (SSSR count). The number of aryl methyl sites for hydroxylation is 1. The van der Waals surface area contributed by atoms with E-state index in [2.05, 4.69) is 17.3 Å². The Hall–Kier alpha value is -1.44. The highest BCUT2D eigenvalue weighted by atomic mass is 32.1. The van der Waals surface area contributed by atoms with Gasteiger partial charge in [0.2, 0.25) is 5.91 Å². The Morgan fingerprint density at radius 3 is 2.64 bits per heavy atom. The molecule has 0 aliphatic carbocycles. The first-order valence-corrected chi connectivity index (χ1v) is 9.73. The maximum absolute atomic E-state index is 12.9. The quantitative estimate of drug-likeness (QED) is 0.882. The van der Waals surface area contributed by atoms with Crippen LogP contribution in [0.1, 0.15) is 33.8 Å². The number of thiophene rings is 1. The third kappa shape index (κ3) is 4.22. The normalized spacial score (nSPS) is 21.1. The standard InChI is InChI=1S/C18H27N3O3S/c1-14-3-4-15(25-14)17(23)19-13-16(22)21-10-9-20(2)8-5-18(21)6-11-24-12-7-18/h3-4H,5-13H2,1-2H3,(H,19,23). The second-order valence-corrected chi connectivity index (χ2v) is 8.32. The van der Waals surface area contributed by atoms with Gasteiger partial charge in [-0.3, -0.25) is 9.59 Å². The summed E-state index contributed by atoms with van der Waals surface area (Å²) < 4.78 is 5.53. The molecule has 0 bridgehead atoms. The van der Waals surface area contributed by atoms with Gasteiger partial charge in [-0.15, -0.1) is 11.3 Å². The van der Waals surface area contributed by atoms with Gasteiger partial charge in [-0.2, -0.15) is 0 Å². The van der Waals surface area contributed by atoms with Gasteiger partial charge in [0.05, 0.1) is 11.4 Å². The molecule has 7 heteroatoms. The number of hydrogen-bond acceptors (Lipinski definition) is 5. The average molecular weight is 365 g/mol. The summed E-state index contributed by atoms with van der Waals surface area (Å²) >= 11 is 1.45. The zero-order valence-corrected chi connectivity index (χ0v) is 15.9. The van der Waals surface area contributed by atoms with Gasteiger partial charge >= 0.3 is 0 Å². The van der Waals surface area contributed by atoms with Crippen LogP contribution in [-0.4, -0.2) is 73.6 Å². The molecule has 1 spiro atoms. The molecule has 1 aromatic rings. The third-order valence-electron chi connectivity index (χ3n) is 5.33. The van der Waals surface area contributed by atoms with E-state index in [1.807, 2.05) is 17.9 Å². The van der Waals surface area contributed by atoms with E-state index in [0.29, 0.717) is 24.6 Å². The summed E-state index contributed by atoms with van der Waals surface area (Å²) in [6.07, 6.45) is 2.73. The number of hydrogen-bond donors (Lipinski definition) is 1. The molecule has 2 aliphatic heterocycles. The first-order chi connectivity index (χ1) is 12.0. The highest BCUT2D eigenvalue weighted by molar-refractivity contribution is 7.13. The second-order valence-electron chi connectivity index (χ2n) is 7.03. The van der Waals surface area contributed by atoms with Crippen molar-refractivity contribution in [2.24, 2.45) is 0 Å². The second kappa shape index (κ2) is 7.85. The minimum Gasteiger partial charge on any atom is -0.381 e. The van der Waals surface area contributed by atoms with E-state index in [-0.39, 0.29) is 23.9 Å². The fourth-order valence-corrected chi connectivity index (χ4v) is 4.49. The molecule has 138 valence electrons. The van der Waals surface area contributed by atoms with Crippen molar-refractivity contribution < 1.29 is 14.3 Å². The van der Waals surface area contributed by atoms with Gasteiger partial charge in [-0.1, -0.05) is 0 Å². The summed E-state index contributed by atoms with van der Waals surface area (Å²) in [5, 5.41) is 2.80. The van der Waals surface area contributed by atoms with E-state index in [9.17, 15) is 9.59 Å². The van der Waals surface area contributed by atoms with E-state index in [0.717, 1.165) is 37.2 Å². The monoisotopic (exact) mass is 365 g/mol. The molecule has 0 saturated carbocycles. The molecule has 0 atom stereocenters. The van der Waals surface area contributed by atoms with Crippen molar-refractivity contribution in [2.75, 3.05) is 46.4 Å². The molecule has 2 fully saturated rings. The number of nitrogens with zero attached hydrogens (tertiary/aromatic N) is 2. The molecule has 0 radical (unpaired) electrons. The minimum atomic E-state index is -0.167. The zero-order chi connectivity index (χ0) is 17.9. The number of carbonyl (C=O) groups is 2. The maximum atomic E-state index is 12.9. The molecule has 2 amide bonds. The van der Waals surface area contributed by atoms with Gasteiger partial charge in [0.1, 0.15) is 0 Å². The smallest absolute Gasteiger partial charge is 0.261 e. The van der Waals surface area contributed by atoms with Crippen LogP contribution in [0, 0.1) is 6.92 Å². The molecule has 25 heavy (non-hydrogen) atoms. The third-order valence-corrected chi connectivity index (χ3v) is 6.33. The highest BCUT2D eigenvalue weighted by Crippen LogP contribution is 2.33. The predicted octanol–water partition coefficient (Wildman–Crippen LogP) is 1.50. The van der Waals surface area contributed by atoms with E-state index >= 15 is 0 Å². The largest absolute Gasteiger partial charge is 0.381 e. The van der Waals surface area contributed by atoms with Crippen LogP contribution < -0.4 is 5.32 Å². The maximum Gasteiger partial charge on any atom is 0.261 e. The summed E-state index contributed by atoms with van der Waals surface area (Å²) in [6.45, 7) is 6.00. The van der Waals surface area contributed by atoms with Gasteiger partial charge in [0, 0.05) is 43.3 Å². The molecule has 1 aromatic heterocycles. The molecule has 1 N–H and O–H groups in total. The van der Waals surface area contributed by atoms with Gasteiger partial charge in [0.15, 0.2) is 0 Å². The van der Waals surface area contributed by atoms with Crippen LogP contribution in [-0.2, 0) is 9.53 Å². The Morgan fingerprint density at radius 1 is 1.20 bits per heavy atom. The van der Waals surface area contributed by atoms with Crippen molar-refractivity contribution in [3.8, 4) is 0 Å². The van der Waals surface area contributed by atoms with Gasteiger partial charge in [-0.05, 0) is 45.4 Å². The van der Waals surface area contributed by atoms with Crippen molar-refractivity contribution in [1.29, 1.82) is 0 Å². The predicted molar refractivity (Wildman–Crippen MR) is 98.0 cm³/mol. The molecule has 2 aliphatic rings. The van der Waals surface area contributed by atoms with Crippen LogP contribution in [0.25, 0.3) is 0 Å². The van der Waals surface area contributed by atoms with Gasteiger partial charge in [-0.25, -0.2) is 0 Å². The van der Waals surface area contributed by atoms with Crippen molar-refractivity contribution >= 4 is 23.2 Å². The first kappa shape index (κ1) is 18.4. The lowest BCUT2D eigenvalue weighted by Crippen LogP contribution is -2.57. The Labute approximate surface area is 153 Å². The lowest BCUT2D eigenvalue weighted by atomic mass is 9.84. The summed E-state index contributed by atoms with van der Waals surface area (Å²) in [5.41, 5.74) is -0.121. The lowest BCUT2D eigenvalue weighted by molar-refractivity contribution is -0.140. The molecular formula is C18H27N3O3S. The van der Waals surface area contributed by atoms with Crippen LogP contribution in [0.4, 0.5) is 0 Å². The molecule has 3 heterocycles. The molecular weight excluding hydrogens is 338 g/mol. The van der Waals surface area contributed by atoms with Crippen LogP contribution in [0.2, 0.25) is 0 Å². The van der Waals surface area contributed by atoms with E-state index in [1.165, 1.54) is 11.3 Å². The molecule has 6 nitrogen and oxygen atoms in total. The number of amides is 2. The van der Waals surface area contributed by atoms with Crippen molar-refractivity contribution in [3.63, 3.8) is 0 Å². The molecule has 0 unspecified atom stereocenters. The van der Waals surface area contributed by atoms with Gasteiger partial charge in [0.25, 0.3) is 5.91 Å². The Balaban J connectivity index is 1.66. The zero-order valence-electron chi connectivity index (χ0n) is 15.0. The summed E-state index contributed by atoms with van der Waals surface area (Å²) in [4.78, 5) is 31.2. The fraction of sp³-hybridized carbons (Fsp3) is 0.667. The number of rotatable bonds is 3. The average Bonchev–Trinajstić information content (AvgIpc) is 2.99.